The van der Waals surface area contributed by atoms with Crippen molar-refractivity contribution in [3.63, 3.8) is 0 Å². The molecule has 152 valence electrons. The predicted molar refractivity (Wildman–Crippen MR) is 121 cm³/mol. The fraction of sp³-hybridized carbons (Fsp3) is 0.462. The van der Waals surface area contributed by atoms with Gasteiger partial charge in [-0.3, -0.25) is 0 Å². The van der Waals surface area contributed by atoms with Crippen molar-refractivity contribution >= 4 is 11.1 Å². The summed E-state index contributed by atoms with van der Waals surface area (Å²) in [5.74, 6) is 0.617. The first-order valence-corrected chi connectivity index (χ1v) is 11.0. The smallest absolute Gasteiger partial charge is 0.115 e. The standard InChI is InChI=1S/C26H36O2/c1-3-5-7-9-11-25(21-13-17-23(27)18-14-21)26(12-10-8-6-4-2)22-15-19-24(28)20-16-22/h13-20,27-28H,3-12H2,1-2H3. The number of hydrogen-bond donors (Lipinski definition) is 2. The molecule has 2 rings (SSSR count). The number of benzene rings is 2. The van der Waals surface area contributed by atoms with Crippen molar-refractivity contribution in [3.8, 4) is 11.5 Å². The van der Waals surface area contributed by atoms with Crippen LogP contribution in [0.3, 0.4) is 0 Å². The highest BCUT2D eigenvalue weighted by molar-refractivity contribution is 5.91. The second-order valence-corrected chi connectivity index (χ2v) is 7.67. The third-order valence-corrected chi connectivity index (χ3v) is 5.36. The zero-order valence-corrected chi connectivity index (χ0v) is 17.6. The van der Waals surface area contributed by atoms with E-state index in [1.807, 2.05) is 24.3 Å². The molecule has 2 aromatic carbocycles. The Hall–Kier alpha value is -2.22. The van der Waals surface area contributed by atoms with E-state index < -0.39 is 0 Å². The lowest BCUT2D eigenvalue weighted by molar-refractivity contribution is 0.474. The molecule has 0 amide bonds. The topological polar surface area (TPSA) is 40.5 Å². The fourth-order valence-electron chi connectivity index (χ4n) is 3.72. The molecule has 28 heavy (non-hydrogen) atoms. The predicted octanol–water partition coefficient (Wildman–Crippen LogP) is 7.95. The van der Waals surface area contributed by atoms with Crippen molar-refractivity contribution in [3.05, 3.63) is 59.7 Å². The van der Waals surface area contributed by atoms with Crippen LogP contribution in [0.2, 0.25) is 0 Å². The first-order valence-electron chi connectivity index (χ1n) is 11.0. The summed E-state index contributed by atoms with van der Waals surface area (Å²) < 4.78 is 0. The number of hydrogen-bond acceptors (Lipinski definition) is 2. The summed E-state index contributed by atoms with van der Waals surface area (Å²) in [5.41, 5.74) is 5.18. The van der Waals surface area contributed by atoms with E-state index in [2.05, 4.69) is 13.8 Å². The quantitative estimate of drug-likeness (QED) is 0.290. The van der Waals surface area contributed by atoms with E-state index in [1.165, 1.54) is 73.6 Å². The summed E-state index contributed by atoms with van der Waals surface area (Å²) in [5, 5.41) is 19.5. The van der Waals surface area contributed by atoms with E-state index in [4.69, 9.17) is 0 Å². The van der Waals surface area contributed by atoms with E-state index in [-0.39, 0.29) is 0 Å². The SMILES string of the molecule is CCCCCCC(=C(CCCCCC)c1ccc(O)cc1)c1ccc(O)cc1. The Kier molecular flexibility index (Phi) is 9.68. The van der Waals surface area contributed by atoms with Crippen LogP contribution in [0.15, 0.2) is 48.5 Å². The molecule has 0 aliphatic carbocycles. The van der Waals surface area contributed by atoms with Crippen LogP contribution in [0.25, 0.3) is 11.1 Å². The van der Waals surface area contributed by atoms with Gasteiger partial charge >= 0.3 is 0 Å². The van der Waals surface area contributed by atoms with Crippen molar-refractivity contribution in [2.45, 2.75) is 78.1 Å². The summed E-state index contributed by atoms with van der Waals surface area (Å²) >= 11 is 0. The summed E-state index contributed by atoms with van der Waals surface area (Å²) in [6, 6.07) is 15.3. The lowest BCUT2D eigenvalue weighted by atomic mass is 9.87. The maximum atomic E-state index is 9.73. The molecule has 2 heteroatoms. The molecule has 0 bridgehead atoms. The lowest BCUT2D eigenvalue weighted by Crippen LogP contribution is -1.95. The Labute approximate surface area is 170 Å². The van der Waals surface area contributed by atoms with Gasteiger partial charge in [0.15, 0.2) is 0 Å². The molecule has 0 unspecified atom stereocenters. The Morgan fingerprint density at radius 2 is 0.893 bits per heavy atom. The summed E-state index contributed by atoms with van der Waals surface area (Å²) in [4.78, 5) is 0. The molecule has 2 N–H and O–H groups in total. The van der Waals surface area contributed by atoms with Crippen molar-refractivity contribution < 1.29 is 10.2 Å². The third kappa shape index (κ3) is 7.07. The molecular formula is C26H36O2. The maximum absolute atomic E-state index is 9.73. The second-order valence-electron chi connectivity index (χ2n) is 7.67. The van der Waals surface area contributed by atoms with Gasteiger partial charge in [0, 0.05) is 0 Å². The molecular weight excluding hydrogens is 344 g/mol. The van der Waals surface area contributed by atoms with Gasteiger partial charge in [0.1, 0.15) is 11.5 Å². The highest BCUT2D eigenvalue weighted by atomic mass is 16.3. The first kappa shape index (κ1) is 22.1. The van der Waals surface area contributed by atoms with E-state index in [0.29, 0.717) is 11.5 Å². The van der Waals surface area contributed by atoms with Crippen LogP contribution in [-0.4, -0.2) is 10.2 Å². The largest absolute Gasteiger partial charge is 0.508 e. The Morgan fingerprint density at radius 3 is 1.21 bits per heavy atom. The summed E-state index contributed by atoms with van der Waals surface area (Å²) in [6.07, 6.45) is 12.0. The van der Waals surface area contributed by atoms with Crippen molar-refractivity contribution in [1.29, 1.82) is 0 Å². The van der Waals surface area contributed by atoms with Gasteiger partial charge < -0.3 is 10.2 Å². The van der Waals surface area contributed by atoms with Crippen molar-refractivity contribution in [2.75, 3.05) is 0 Å². The zero-order valence-electron chi connectivity index (χ0n) is 17.6. The minimum atomic E-state index is 0.309. The molecule has 2 nitrogen and oxygen atoms in total. The van der Waals surface area contributed by atoms with Gasteiger partial charge in [-0.15, -0.1) is 0 Å². The number of allylic oxidation sites excluding steroid dienone is 2. The van der Waals surface area contributed by atoms with Crippen LogP contribution in [0.4, 0.5) is 0 Å². The van der Waals surface area contributed by atoms with Gasteiger partial charge in [-0.1, -0.05) is 76.6 Å². The Balaban J connectivity index is 2.39. The molecule has 0 aliphatic heterocycles. The van der Waals surface area contributed by atoms with E-state index >= 15 is 0 Å². The van der Waals surface area contributed by atoms with E-state index in [9.17, 15) is 10.2 Å². The third-order valence-electron chi connectivity index (χ3n) is 5.36. The molecule has 0 radical (unpaired) electrons. The summed E-state index contributed by atoms with van der Waals surface area (Å²) in [6.45, 7) is 4.48. The average molecular weight is 381 g/mol. The van der Waals surface area contributed by atoms with Gasteiger partial charge in [0.2, 0.25) is 0 Å². The number of aromatic hydroxyl groups is 2. The highest BCUT2D eigenvalue weighted by Crippen LogP contribution is 2.35. The monoisotopic (exact) mass is 380 g/mol. The number of unbranched alkanes of at least 4 members (excludes halogenated alkanes) is 6. The van der Waals surface area contributed by atoms with Crippen LogP contribution >= 0.6 is 0 Å². The molecule has 0 aromatic heterocycles. The van der Waals surface area contributed by atoms with Crippen molar-refractivity contribution in [2.24, 2.45) is 0 Å². The van der Waals surface area contributed by atoms with Crippen LogP contribution in [-0.2, 0) is 0 Å². The minimum Gasteiger partial charge on any atom is -0.508 e. The van der Waals surface area contributed by atoms with Crippen LogP contribution < -0.4 is 0 Å². The van der Waals surface area contributed by atoms with E-state index in [1.54, 1.807) is 24.3 Å². The first-order chi connectivity index (χ1) is 13.7. The maximum Gasteiger partial charge on any atom is 0.115 e. The minimum absolute atomic E-state index is 0.309. The number of phenolic OH excluding ortho intramolecular Hbond substituents is 2. The Bertz CT molecular complexity index is 648. The highest BCUT2D eigenvalue weighted by Gasteiger charge is 2.12. The molecule has 0 atom stereocenters. The van der Waals surface area contributed by atoms with Gasteiger partial charge in [-0.2, -0.15) is 0 Å². The average Bonchev–Trinajstić information content (AvgIpc) is 2.71. The summed E-state index contributed by atoms with van der Waals surface area (Å²) in [7, 11) is 0. The normalized spacial score (nSPS) is 12.1. The van der Waals surface area contributed by atoms with Gasteiger partial charge in [0.25, 0.3) is 0 Å². The van der Waals surface area contributed by atoms with Crippen LogP contribution in [0.5, 0.6) is 11.5 Å². The molecule has 0 saturated carbocycles. The molecule has 0 fully saturated rings. The number of phenols is 2. The molecule has 0 spiro atoms. The van der Waals surface area contributed by atoms with Gasteiger partial charge in [0.05, 0.1) is 0 Å². The molecule has 0 aliphatic rings. The Morgan fingerprint density at radius 1 is 0.536 bits per heavy atom. The van der Waals surface area contributed by atoms with Crippen LogP contribution in [0, 0.1) is 0 Å². The molecule has 0 saturated heterocycles. The van der Waals surface area contributed by atoms with Crippen LogP contribution in [0.1, 0.15) is 89.2 Å². The second kappa shape index (κ2) is 12.3. The number of rotatable bonds is 12. The van der Waals surface area contributed by atoms with Crippen molar-refractivity contribution in [1.82, 2.24) is 0 Å². The molecule has 2 aromatic rings. The fourth-order valence-corrected chi connectivity index (χ4v) is 3.72. The van der Waals surface area contributed by atoms with E-state index in [0.717, 1.165) is 12.8 Å². The van der Waals surface area contributed by atoms with Gasteiger partial charge in [-0.25, -0.2) is 0 Å². The molecule has 0 heterocycles. The van der Waals surface area contributed by atoms with Gasteiger partial charge in [-0.05, 0) is 72.2 Å². The zero-order chi connectivity index (χ0) is 20.2. The lowest BCUT2D eigenvalue weighted by Gasteiger charge is -2.18.